The monoisotopic (exact) mass is 493 g/mol. The number of rotatable bonds is 6. The van der Waals surface area contributed by atoms with Gasteiger partial charge in [0.05, 0.1) is 29.1 Å². The number of hydrogen-bond donors (Lipinski definition) is 2. The molecule has 4 aromatic rings. The second-order valence-electron chi connectivity index (χ2n) is 9.43. The number of hydrogen-bond acceptors (Lipinski definition) is 6. The molecule has 5 rings (SSSR count). The van der Waals surface area contributed by atoms with Crippen LogP contribution >= 0.6 is 0 Å². The lowest BCUT2D eigenvalue weighted by atomic mass is 10.00. The van der Waals surface area contributed by atoms with E-state index in [9.17, 15) is 13.2 Å². The van der Waals surface area contributed by atoms with Crippen LogP contribution < -0.4 is 10.5 Å². The fourth-order valence-corrected chi connectivity index (χ4v) is 6.16. The lowest BCUT2D eigenvalue weighted by molar-refractivity contribution is -0.914. The maximum Gasteiger partial charge on any atom is 0.258 e. The van der Waals surface area contributed by atoms with Crippen LogP contribution in [0.5, 0.6) is 0 Å². The predicted molar refractivity (Wildman–Crippen MR) is 132 cm³/mol. The first kappa shape index (κ1) is 23.4. The van der Waals surface area contributed by atoms with Gasteiger partial charge in [-0.3, -0.25) is 4.79 Å². The van der Waals surface area contributed by atoms with Crippen molar-refractivity contribution in [1.82, 2.24) is 25.2 Å². The van der Waals surface area contributed by atoms with Gasteiger partial charge in [0, 0.05) is 18.2 Å². The quantitative estimate of drug-likeness (QED) is 0.422. The van der Waals surface area contributed by atoms with E-state index in [1.54, 1.807) is 24.3 Å². The fraction of sp³-hybridized carbons (Fsp3) is 0.360. The molecule has 0 radical (unpaired) electrons. The zero-order valence-corrected chi connectivity index (χ0v) is 20.9. The molecule has 0 aliphatic carbocycles. The van der Waals surface area contributed by atoms with E-state index in [2.05, 4.69) is 20.5 Å². The highest BCUT2D eigenvalue weighted by atomic mass is 32.2. The molecule has 0 spiro atoms. The van der Waals surface area contributed by atoms with E-state index in [1.165, 1.54) is 4.68 Å². The molecule has 2 aromatic carbocycles. The number of aromatic nitrogens is 5. The number of nitrogens with one attached hydrogen (secondary N) is 2. The highest BCUT2D eigenvalue weighted by molar-refractivity contribution is 7.90. The lowest BCUT2D eigenvalue weighted by Gasteiger charge is -2.24. The summed E-state index contributed by atoms with van der Waals surface area (Å²) in [6.07, 6.45) is 2.05. The third kappa shape index (κ3) is 4.39. The van der Waals surface area contributed by atoms with Gasteiger partial charge in [0.1, 0.15) is 0 Å². The Hall–Kier alpha value is -3.37. The third-order valence-electron chi connectivity index (χ3n) is 6.93. The number of H-pyrrole nitrogens is 1. The average molecular weight is 494 g/mol. The van der Waals surface area contributed by atoms with Gasteiger partial charge >= 0.3 is 0 Å². The van der Waals surface area contributed by atoms with E-state index in [0.29, 0.717) is 11.4 Å². The smallest absolute Gasteiger partial charge is 0.258 e. The third-order valence-corrected chi connectivity index (χ3v) is 8.50. The largest absolute Gasteiger partial charge is 0.322 e. The molecule has 0 saturated carbocycles. The predicted octanol–water partition coefficient (Wildman–Crippen LogP) is 1.64. The highest BCUT2D eigenvalue weighted by Crippen LogP contribution is 2.24. The van der Waals surface area contributed by atoms with Crippen molar-refractivity contribution >= 4 is 20.7 Å². The molecule has 182 valence electrons. The van der Waals surface area contributed by atoms with E-state index in [0.717, 1.165) is 58.4 Å². The van der Waals surface area contributed by atoms with E-state index < -0.39 is 21.8 Å². The van der Waals surface area contributed by atoms with E-state index >= 15 is 0 Å². The summed E-state index contributed by atoms with van der Waals surface area (Å²) >= 11 is 0. The van der Waals surface area contributed by atoms with Gasteiger partial charge < -0.3 is 9.88 Å². The second-order valence-corrected chi connectivity index (χ2v) is 11.4. The summed E-state index contributed by atoms with van der Waals surface area (Å²) < 4.78 is 27.7. The molecule has 3 heterocycles. The van der Waals surface area contributed by atoms with Crippen molar-refractivity contribution in [2.75, 3.05) is 13.1 Å². The van der Waals surface area contributed by atoms with Crippen LogP contribution in [0.1, 0.15) is 47.0 Å². The molecule has 2 aromatic heterocycles. The molecule has 1 aliphatic rings. The number of likely N-dealkylation sites (tertiary alicyclic amines) is 1. The highest BCUT2D eigenvalue weighted by Gasteiger charge is 2.36. The lowest BCUT2D eigenvalue weighted by Crippen LogP contribution is -3.10. The Balaban J connectivity index is 1.62. The van der Waals surface area contributed by atoms with Crippen LogP contribution in [0, 0.1) is 20.8 Å². The van der Waals surface area contributed by atoms with Crippen LogP contribution in [0.4, 0.5) is 0 Å². The number of fused-ring (bicyclic) bond motifs is 1. The molecule has 1 fully saturated rings. The van der Waals surface area contributed by atoms with E-state index in [4.69, 9.17) is 0 Å². The first-order valence-corrected chi connectivity index (χ1v) is 13.4. The number of aromatic amines is 1. The topological polar surface area (TPSA) is 115 Å². The Morgan fingerprint density at radius 2 is 1.71 bits per heavy atom. The molecule has 2 N–H and O–H groups in total. The zero-order valence-electron chi connectivity index (χ0n) is 20.1. The molecule has 1 saturated heterocycles. The van der Waals surface area contributed by atoms with Crippen LogP contribution in [0.3, 0.4) is 0 Å². The second kappa shape index (κ2) is 9.01. The minimum absolute atomic E-state index is 0.202. The average Bonchev–Trinajstić information content (AvgIpc) is 3.51. The van der Waals surface area contributed by atoms with Gasteiger partial charge in [-0.25, -0.2) is 13.1 Å². The number of pyridine rings is 1. The Morgan fingerprint density at radius 3 is 2.43 bits per heavy atom. The van der Waals surface area contributed by atoms with Crippen molar-refractivity contribution in [3.63, 3.8) is 0 Å². The van der Waals surface area contributed by atoms with Crippen LogP contribution in [-0.2, 0) is 15.7 Å². The van der Waals surface area contributed by atoms with Gasteiger partial charge in [-0.2, -0.15) is 0 Å². The van der Waals surface area contributed by atoms with Gasteiger partial charge in [0.25, 0.3) is 5.56 Å². The SMILES string of the molecule is Cc1ccc(S(=O)(=O)Cn2nnnc2[C@@H](c2cc3c(C)ccc(C)c3[nH]c2=O)[NH+]2CCCC2)cc1. The van der Waals surface area contributed by atoms with Crippen molar-refractivity contribution in [2.45, 2.75) is 50.4 Å². The zero-order chi connectivity index (χ0) is 24.7. The number of sulfone groups is 1. The molecule has 0 bridgehead atoms. The minimum atomic E-state index is -3.69. The molecular formula is C25H29N6O3S+. The Kier molecular flexibility index (Phi) is 6.02. The molecule has 9 nitrogen and oxygen atoms in total. The van der Waals surface area contributed by atoms with Crippen LogP contribution in [0.15, 0.2) is 52.2 Å². The summed E-state index contributed by atoms with van der Waals surface area (Å²) in [5, 5.41) is 13.1. The van der Waals surface area contributed by atoms with Crippen LogP contribution in [0.25, 0.3) is 10.9 Å². The van der Waals surface area contributed by atoms with E-state index in [1.807, 2.05) is 39.0 Å². The number of benzene rings is 2. The van der Waals surface area contributed by atoms with Crippen molar-refractivity contribution in [2.24, 2.45) is 0 Å². The number of quaternary nitrogens is 1. The maximum absolute atomic E-state index is 13.4. The standard InChI is InChI=1S/C25H28N6O3S/c1-16-6-10-19(11-7-16)35(33,34)15-31-24(27-28-29-31)23(30-12-4-5-13-30)21-14-20-17(2)8-9-18(3)22(20)26-25(21)32/h6-11,14,23H,4-5,12-13,15H2,1-3H3,(H,26,32)/p+1/t23-/m1/s1. The number of tetrazole rings is 1. The first-order valence-electron chi connectivity index (χ1n) is 11.8. The summed E-state index contributed by atoms with van der Waals surface area (Å²) in [5.41, 5.74) is 4.19. The maximum atomic E-state index is 13.4. The Labute approximate surface area is 203 Å². The van der Waals surface area contributed by atoms with Crippen molar-refractivity contribution in [1.29, 1.82) is 0 Å². The molecule has 1 atom stereocenters. The van der Waals surface area contributed by atoms with Crippen molar-refractivity contribution in [3.05, 3.63) is 80.9 Å². The van der Waals surface area contributed by atoms with Gasteiger partial charge in [-0.05, 0) is 60.5 Å². The molecule has 35 heavy (non-hydrogen) atoms. The van der Waals surface area contributed by atoms with Crippen LogP contribution in [-0.4, -0.2) is 46.7 Å². The normalized spacial score (nSPS) is 15.6. The molecular weight excluding hydrogens is 464 g/mol. The Morgan fingerprint density at radius 1 is 1.03 bits per heavy atom. The van der Waals surface area contributed by atoms with Gasteiger partial charge in [-0.15, -0.1) is 5.10 Å². The fourth-order valence-electron chi connectivity index (χ4n) is 4.96. The van der Waals surface area contributed by atoms with Gasteiger partial charge in [0.2, 0.25) is 5.82 Å². The molecule has 1 aliphatic heterocycles. The van der Waals surface area contributed by atoms with E-state index in [-0.39, 0.29) is 10.5 Å². The number of nitrogens with zero attached hydrogens (tertiary/aromatic N) is 4. The van der Waals surface area contributed by atoms with Crippen LogP contribution in [0.2, 0.25) is 0 Å². The molecule has 0 unspecified atom stereocenters. The Bertz CT molecular complexity index is 1550. The van der Waals surface area contributed by atoms with Crippen molar-refractivity contribution in [3.8, 4) is 0 Å². The molecule has 0 amide bonds. The van der Waals surface area contributed by atoms with Crippen molar-refractivity contribution < 1.29 is 13.3 Å². The first-order chi connectivity index (χ1) is 16.7. The summed E-state index contributed by atoms with van der Waals surface area (Å²) in [6.45, 7) is 7.60. The van der Waals surface area contributed by atoms with Gasteiger partial charge in [0.15, 0.2) is 21.8 Å². The minimum Gasteiger partial charge on any atom is -0.322 e. The summed E-state index contributed by atoms with van der Waals surface area (Å²) in [4.78, 5) is 17.8. The summed E-state index contributed by atoms with van der Waals surface area (Å²) in [7, 11) is -3.69. The van der Waals surface area contributed by atoms with Gasteiger partial charge in [-0.1, -0.05) is 29.8 Å². The number of aryl methyl sites for hydroxylation is 3. The summed E-state index contributed by atoms with van der Waals surface area (Å²) in [5.74, 6) is -0.0149. The summed E-state index contributed by atoms with van der Waals surface area (Å²) in [6, 6.07) is 12.2. The molecule has 10 heteroatoms.